The van der Waals surface area contributed by atoms with Crippen molar-refractivity contribution in [1.29, 1.82) is 0 Å². The normalized spacial score (nSPS) is 22.7. The quantitative estimate of drug-likeness (QED) is 0.745. The number of nitrogens with one attached hydrogen (secondary N) is 1. The molecule has 0 aromatic rings. The van der Waals surface area contributed by atoms with E-state index in [2.05, 4.69) is 5.32 Å². The molecule has 1 aliphatic rings. The molecule has 1 fully saturated rings. The first-order valence-electron chi connectivity index (χ1n) is 4.36. The number of carbonyl (C=O) groups is 1. The second-order valence-corrected chi connectivity index (χ2v) is 3.36. The topological polar surface area (TPSA) is 29.1 Å². The van der Waals surface area contributed by atoms with Crippen molar-refractivity contribution in [2.24, 2.45) is 0 Å². The Morgan fingerprint density at radius 2 is 2.31 bits per heavy atom. The summed E-state index contributed by atoms with van der Waals surface area (Å²) in [6, 6.07) is 0.374. The van der Waals surface area contributed by atoms with Gasteiger partial charge in [-0.3, -0.25) is 4.79 Å². The average molecular weight is 224 g/mol. The molecule has 0 spiro atoms. The van der Waals surface area contributed by atoms with Crippen molar-refractivity contribution < 1.29 is 4.79 Å². The highest BCUT2D eigenvalue weighted by Crippen LogP contribution is 2.10. The third-order valence-corrected chi connectivity index (χ3v) is 2.23. The fourth-order valence-electron chi connectivity index (χ4n) is 1.48. The van der Waals surface area contributed by atoms with Gasteiger partial charge in [0, 0.05) is 18.0 Å². The van der Waals surface area contributed by atoms with Crippen molar-refractivity contribution in [3.63, 3.8) is 0 Å². The van der Waals surface area contributed by atoms with Gasteiger partial charge >= 0.3 is 0 Å². The lowest BCUT2D eigenvalue weighted by molar-refractivity contribution is -0.115. The summed E-state index contributed by atoms with van der Waals surface area (Å²) < 4.78 is 0. The molecular formula is C9H15Cl2NO. The summed E-state index contributed by atoms with van der Waals surface area (Å²) in [7, 11) is 0. The van der Waals surface area contributed by atoms with Crippen molar-refractivity contribution >= 4 is 29.8 Å². The van der Waals surface area contributed by atoms with Crippen LogP contribution >= 0.6 is 24.0 Å². The zero-order valence-electron chi connectivity index (χ0n) is 7.46. The molecule has 0 radical (unpaired) electrons. The summed E-state index contributed by atoms with van der Waals surface area (Å²) in [5.41, 5.74) is 1.28. The average Bonchev–Trinajstić information content (AvgIpc) is 2.06. The van der Waals surface area contributed by atoms with E-state index >= 15 is 0 Å². The molecule has 0 aromatic carbocycles. The summed E-state index contributed by atoms with van der Waals surface area (Å²) in [5, 5.41) is 3.31. The number of halogens is 2. The van der Waals surface area contributed by atoms with Crippen LogP contribution in [0.3, 0.4) is 0 Å². The van der Waals surface area contributed by atoms with E-state index in [1.807, 2.05) is 0 Å². The first-order chi connectivity index (χ1) is 5.83. The van der Waals surface area contributed by atoms with Gasteiger partial charge in [0.15, 0.2) is 5.78 Å². The number of hydrogen-bond donors (Lipinski definition) is 1. The molecule has 1 atom stereocenters. The van der Waals surface area contributed by atoms with Gasteiger partial charge in [0.05, 0.1) is 0 Å². The summed E-state index contributed by atoms with van der Waals surface area (Å²) in [6.07, 6.45) is 5.59. The summed E-state index contributed by atoms with van der Waals surface area (Å²) in [6.45, 7) is 1.04. The molecule has 0 aromatic heterocycles. The molecule has 13 heavy (non-hydrogen) atoms. The van der Waals surface area contributed by atoms with Gasteiger partial charge in [-0.2, -0.15) is 0 Å². The van der Waals surface area contributed by atoms with Crippen LogP contribution in [0.1, 0.15) is 25.7 Å². The minimum absolute atomic E-state index is 0. The molecule has 0 bridgehead atoms. The number of rotatable bonds is 3. The zero-order valence-corrected chi connectivity index (χ0v) is 9.03. The van der Waals surface area contributed by atoms with Gasteiger partial charge in [-0.15, -0.1) is 12.4 Å². The number of ketones is 1. The Hall–Kier alpha value is -0.0500. The standard InChI is InChI=1S/C9H14ClNO.ClH/c10-5-4-9(12)7-8-3-1-2-6-11-8;/h4-5,8,11H,1-3,6-7H2;1H/b5-4+;. The minimum Gasteiger partial charge on any atom is -0.314 e. The van der Waals surface area contributed by atoms with Crippen LogP contribution in [0.15, 0.2) is 11.6 Å². The van der Waals surface area contributed by atoms with E-state index in [0.29, 0.717) is 12.5 Å². The Labute approximate surface area is 90.1 Å². The predicted octanol–water partition coefficient (Wildman–Crippen LogP) is 2.26. The Morgan fingerprint density at radius 3 is 2.85 bits per heavy atom. The van der Waals surface area contributed by atoms with E-state index in [4.69, 9.17) is 11.6 Å². The smallest absolute Gasteiger partial charge is 0.158 e. The van der Waals surface area contributed by atoms with Gasteiger partial charge in [0.25, 0.3) is 0 Å². The molecule has 0 aliphatic carbocycles. The maximum atomic E-state index is 11.1. The number of piperidine rings is 1. The van der Waals surface area contributed by atoms with Crippen LogP contribution in [0.25, 0.3) is 0 Å². The van der Waals surface area contributed by atoms with Crippen molar-refractivity contribution in [2.75, 3.05) is 6.54 Å². The molecule has 1 saturated heterocycles. The lowest BCUT2D eigenvalue weighted by Crippen LogP contribution is -2.35. The van der Waals surface area contributed by atoms with E-state index in [1.165, 1.54) is 24.5 Å². The summed E-state index contributed by atoms with van der Waals surface area (Å²) in [4.78, 5) is 11.1. The fourth-order valence-corrected chi connectivity index (χ4v) is 1.62. The monoisotopic (exact) mass is 223 g/mol. The number of carbonyl (C=O) groups excluding carboxylic acids is 1. The largest absolute Gasteiger partial charge is 0.314 e. The van der Waals surface area contributed by atoms with E-state index in [1.54, 1.807) is 0 Å². The molecule has 4 heteroatoms. The van der Waals surface area contributed by atoms with Gasteiger partial charge in [-0.05, 0) is 25.5 Å². The van der Waals surface area contributed by atoms with Gasteiger partial charge in [0.2, 0.25) is 0 Å². The molecular weight excluding hydrogens is 209 g/mol. The molecule has 1 rings (SSSR count). The molecule has 1 aliphatic heterocycles. The van der Waals surface area contributed by atoms with Crippen LogP contribution < -0.4 is 5.32 Å². The Morgan fingerprint density at radius 1 is 1.54 bits per heavy atom. The van der Waals surface area contributed by atoms with Crippen LogP contribution in [0, 0.1) is 0 Å². The first kappa shape index (κ1) is 12.9. The first-order valence-corrected chi connectivity index (χ1v) is 4.79. The fraction of sp³-hybridized carbons (Fsp3) is 0.667. The SMILES string of the molecule is Cl.O=C(/C=C/Cl)CC1CCCCN1. The van der Waals surface area contributed by atoms with E-state index in [-0.39, 0.29) is 18.2 Å². The van der Waals surface area contributed by atoms with Crippen LogP contribution in [-0.4, -0.2) is 18.4 Å². The van der Waals surface area contributed by atoms with Gasteiger partial charge in [-0.1, -0.05) is 18.0 Å². The molecule has 1 heterocycles. The maximum Gasteiger partial charge on any atom is 0.158 e. The predicted molar refractivity (Wildman–Crippen MR) is 57.5 cm³/mol. The van der Waals surface area contributed by atoms with Gasteiger partial charge in [0.1, 0.15) is 0 Å². The van der Waals surface area contributed by atoms with Gasteiger partial charge < -0.3 is 5.32 Å². The molecule has 0 saturated carbocycles. The zero-order chi connectivity index (χ0) is 8.81. The third-order valence-electron chi connectivity index (χ3n) is 2.11. The summed E-state index contributed by atoms with van der Waals surface area (Å²) in [5.74, 6) is 0.115. The maximum absolute atomic E-state index is 11.1. The Balaban J connectivity index is 0.00000144. The summed E-state index contributed by atoms with van der Waals surface area (Å²) >= 11 is 5.29. The number of hydrogen-bond acceptors (Lipinski definition) is 2. The highest BCUT2D eigenvalue weighted by atomic mass is 35.5. The van der Waals surface area contributed by atoms with Crippen molar-refractivity contribution in [3.8, 4) is 0 Å². The molecule has 1 N–H and O–H groups in total. The van der Waals surface area contributed by atoms with E-state index in [0.717, 1.165) is 13.0 Å². The number of allylic oxidation sites excluding steroid dienone is 1. The minimum atomic E-state index is 0. The van der Waals surface area contributed by atoms with E-state index < -0.39 is 0 Å². The van der Waals surface area contributed by atoms with Crippen molar-refractivity contribution in [3.05, 3.63) is 11.6 Å². The molecule has 76 valence electrons. The van der Waals surface area contributed by atoms with Crippen LogP contribution in [0.4, 0.5) is 0 Å². The second-order valence-electron chi connectivity index (χ2n) is 3.11. The van der Waals surface area contributed by atoms with E-state index in [9.17, 15) is 4.79 Å². The Kier molecular flexibility index (Phi) is 7.33. The molecule has 0 amide bonds. The van der Waals surface area contributed by atoms with Crippen LogP contribution in [0.5, 0.6) is 0 Å². The van der Waals surface area contributed by atoms with Gasteiger partial charge in [-0.25, -0.2) is 0 Å². The Bertz CT molecular complexity index is 176. The molecule has 1 unspecified atom stereocenters. The third kappa shape index (κ3) is 5.29. The highest BCUT2D eigenvalue weighted by molar-refractivity contribution is 6.26. The molecule has 2 nitrogen and oxygen atoms in total. The highest BCUT2D eigenvalue weighted by Gasteiger charge is 2.14. The van der Waals surface area contributed by atoms with Crippen LogP contribution in [0.2, 0.25) is 0 Å². The lowest BCUT2D eigenvalue weighted by atomic mass is 10.0. The second kappa shape index (κ2) is 7.36. The van der Waals surface area contributed by atoms with Crippen molar-refractivity contribution in [2.45, 2.75) is 31.7 Å². The van der Waals surface area contributed by atoms with Crippen molar-refractivity contribution in [1.82, 2.24) is 5.32 Å². The lowest BCUT2D eigenvalue weighted by Gasteiger charge is -2.21. The van der Waals surface area contributed by atoms with Crippen LogP contribution in [-0.2, 0) is 4.79 Å².